The first-order valence-corrected chi connectivity index (χ1v) is 5.84. The lowest BCUT2D eigenvalue weighted by molar-refractivity contribution is 0.0702. The number of nitrogens with zero attached hydrogens (tertiary/aromatic N) is 3. The number of carboxylic acids is 1. The van der Waals surface area contributed by atoms with Crippen LogP contribution in [-0.2, 0) is 20.1 Å². The molecular formula is C10H12N4O2S. The number of aromatic nitrogens is 3. The molecule has 0 amide bonds. The molecule has 90 valence electrons. The van der Waals surface area contributed by atoms with Gasteiger partial charge in [-0.15, -0.1) is 21.5 Å². The van der Waals surface area contributed by atoms with E-state index >= 15 is 0 Å². The summed E-state index contributed by atoms with van der Waals surface area (Å²) in [5, 5.41) is 19.7. The normalized spacial score (nSPS) is 10.6. The highest BCUT2D eigenvalue weighted by Gasteiger charge is 2.06. The number of rotatable bonds is 5. The van der Waals surface area contributed by atoms with E-state index in [1.54, 1.807) is 12.4 Å². The summed E-state index contributed by atoms with van der Waals surface area (Å²) in [4.78, 5) is 12.0. The standard InChI is InChI=1S/C10H12N4O2S/c1-14-6-12-13-9(14)5-11-4-7-2-3-8(17-7)10(15)16/h2-3,6,11H,4-5H2,1H3,(H,15,16). The van der Waals surface area contributed by atoms with Gasteiger partial charge >= 0.3 is 5.97 Å². The fourth-order valence-electron chi connectivity index (χ4n) is 1.35. The van der Waals surface area contributed by atoms with Crippen LogP contribution in [0.5, 0.6) is 0 Å². The summed E-state index contributed by atoms with van der Waals surface area (Å²) in [7, 11) is 1.88. The number of aryl methyl sites for hydroxylation is 1. The molecule has 2 heterocycles. The first-order chi connectivity index (χ1) is 8.16. The number of carbonyl (C=O) groups is 1. The average Bonchev–Trinajstić information content (AvgIpc) is 2.89. The molecule has 2 aromatic rings. The van der Waals surface area contributed by atoms with Crippen LogP contribution in [0.25, 0.3) is 0 Å². The predicted molar refractivity (Wildman–Crippen MR) is 62.8 cm³/mol. The average molecular weight is 252 g/mol. The number of aromatic carboxylic acids is 1. The molecule has 0 aliphatic carbocycles. The SMILES string of the molecule is Cn1cnnc1CNCc1ccc(C(=O)O)s1. The third-order valence-electron chi connectivity index (χ3n) is 2.26. The van der Waals surface area contributed by atoms with Crippen molar-refractivity contribution in [1.29, 1.82) is 0 Å². The Morgan fingerprint density at radius 1 is 1.53 bits per heavy atom. The maximum atomic E-state index is 10.7. The van der Waals surface area contributed by atoms with Crippen LogP contribution in [0.4, 0.5) is 0 Å². The second-order valence-electron chi connectivity index (χ2n) is 3.53. The van der Waals surface area contributed by atoms with Crippen molar-refractivity contribution in [2.45, 2.75) is 13.1 Å². The second kappa shape index (κ2) is 5.07. The highest BCUT2D eigenvalue weighted by molar-refractivity contribution is 7.13. The molecule has 2 N–H and O–H groups in total. The molecule has 0 unspecified atom stereocenters. The lowest BCUT2D eigenvalue weighted by atomic mass is 10.4. The Kier molecular flexibility index (Phi) is 3.50. The van der Waals surface area contributed by atoms with Crippen LogP contribution in [-0.4, -0.2) is 25.8 Å². The third-order valence-corrected chi connectivity index (χ3v) is 3.33. The first kappa shape index (κ1) is 11.7. The quantitative estimate of drug-likeness (QED) is 0.825. The summed E-state index contributed by atoms with van der Waals surface area (Å²) in [6, 6.07) is 3.43. The van der Waals surface area contributed by atoms with Crippen LogP contribution in [0.2, 0.25) is 0 Å². The van der Waals surface area contributed by atoms with Crippen LogP contribution in [0, 0.1) is 0 Å². The summed E-state index contributed by atoms with van der Waals surface area (Å²) in [5.74, 6) is -0.0328. The summed E-state index contributed by atoms with van der Waals surface area (Å²) < 4.78 is 1.84. The van der Waals surface area contributed by atoms with Gasteiger partial charge in [-0.1, -0.05) is 0 Å². The van der Waals surface area contributed by atoms with E-state index in [0.717, 1.165) is 10.7 Å². The van der Waals surface area contributed by atoms with Gasteiger partial charge in [0.25, 0.3) is 0 Å². The Morgan fingerprint density at radius 3 is 2.94 bits per heavy atom. The number of carboxylic acid groups (broad SMARTS) is 1. The van der Waals surface area contributed by atoms with Crippen molar-refractivity contribution >= 4 is 17.3 Å². The zero-order chi connectivity index (χ0) is 12.3. The molecule has 0 saturated heterocycles. The van der Waals surface area contributed by atoms with E-state index in [4.69, 9.17) is 5.11 Å². The van der Waals surface area contributed by atoms with Crippen molar-refractivity contribution in [3.8, 4) is 0 Å². The smallest absolute Gasteiger partial charge is 0.345 e. The number of nitrogens with one attached hydrogen (secondary N) is 1. The minimum Gasteiger partial charge on any atom is -0.477 e. The molecule has 2 rings (SSSR count). The van der Waals surface area contributed by atoms with Crippen molar-refractivity contribution in [2.75, 3.05) is 0 Å². The maximum absolute atomic E-state index is 10.7. The number of thiophene rings is 1. The van der Waals surface area contributed by atoms with E-state index < -0.39 is 5.97 Å². The lowest BCUT2D eigenvalue weighted by Gasteiger charge is -2.01. The summed E-state index contributed by atoms with van der Waals surface area (Å²) in [6.07, 6.45) is 1.64. The van der Waals surface area contributed by atoms with E-state index in [1.165, 1.54) is 11.3 Å². The van der Waals surface area contributed by atoms with E-state index in [2.05, 4.69) is 15.5 Å². The van der Waals surface area contributed by atoms with Gasteiger partial charge in [-0.2, -0.15) is 0 Å². The molecule has 0 spiro atoms. The van der Waals surface area contributed by atoms with E-state index in [0.29, 0.717) is 18.0 Å². The number of hydrogen-bond acceptors (Lipinski definition) is 5. The van der Waals surface area contributed by atoms with E-state index in [9.17, 15) is 4.79 Å². The van der Waals surface area contributed by atoms with Crippen LogP contribution in [0.1, 0.15) is 20.4 Å². The van der Waals surface area contributed by atoms with Crippen LogP contribution in [0.3, 0.4) is 0 Å². The van der Waals surface area contributed by atoms with Crippen molar-refractivity contribution in [1.82, 2.24) is 20.1 Å². The predicted octanol–water partition coefficient (Wildman–Crippen LogP) is 0.865. The van der Waals surface area contributed by atoms with Gasteiger partial charge in [0, 0.05) is 18.5 Å². The highest BCUT2D eigenvalue weighted by Crippen LogP contribution is 2.16. The molecule has 0 bridgehead atoms. The van der Waals surface area contributed by atoms with E-state index in [-0.39, 0.29) is 0 Å². The largest absolute Gasteiger partial charge is 0.477 e. The molecule has 0 atom stereocenters. The van der Waals surface area contributed by atoms with Gasteiger partial charge in [0.1, 0.15) is 17.0 Å². The Morgan fingerprint density at radius 2 is 2.35 bits per heavy atom. The zero-order valence-corrected chi connectivity index (χ0v) is 10.1. The fraction of sp³-hybridized carbons (Fsp3) is 0.300. The van der Waals surface area contributed by atoms with Crippen molar-refractivity contribution in [2.24, 2.45) is 7.05 Å². The molecule has 2 aromatic heterocycles. The highest BCUT2D eigenvalue weighted by atomic mass is 32.1. The minimum absolute atomic E-state index is 0.362. The molecule has 0 fully saturated rings. The van der Waals surface area contributed by atoms with Crippen LogP contribution in [0.15, 0.2) is 18.5 Å². The van der Waals surface area contributed by atoms with Gasteiger partial charge in [0.05, 0.1) is 6.54 Å². The molecule has 0 saturated carbocycles. The maximum Gasteiger partial charge on any atom is 0.345 e. The molecule has 17 heavy (non-hydrogen) atoms. The van der Waals surface area contributed by atoms with E-state index in [1.807, 2.05) is 17.7 Å². The minimum atomic E-state index is -0.880. The topological polar surface area (TPSA) is 80.0 Å². The monoisotopic (exact) mass is 252 g/mol. The van der Waals surface area contributed by atoms with Gasteiger partial charge in [0.2, 0.25) is 0 Å². The van der Waals surface area contributed by atoms with Crippen molar-refractivity contribution in [3.63, 3.8) is 0 Å². The van der Waals surface area contributed by atoms with Crippen LogP contribution < -0.4 is 5.32 Å². The first-order valence-electron chi connectivity index (χ1n) is 5.02. The number of hydrogen-bond donors (Lipinski definition) is 2. The Hall–Kier alpha value is -1.73. The Balaban J connectivity index is 1.86. The molecule has 0 radical (unpaired) electrons. The molecule has 0 aliphatic heterocycles. The summed E-state index contributed by atoms with van der Waals surface area (Å²) >= 11 is 1.28. The van der Waals surface area contributed by atoms with Crippen LogP contribution >= 0.6 is 11.3 Å². The van der Waals surface area contributed by atoms with Gasteiger partial charge in [-0.05, 0) is 12.1 Å². The van der Waals surface area contributed by atoms with Gasteiger partial charge in [-0.25, -0.2) is 4.79 Å². The summed E-state index contributed by atoms with van der Waals surface area (Å²) in [5.41, 5.74) is 0. The third kappa shape index (κ3) is 2.89. The zero-order valence-electron chi connectivity index (χ0n) is 9.25. The van der Waals surface area contributed by atoms with Gasteiger partial charge < -0.3 is 15.0 Å². The molecule has 0 aromatic carbocycles. The van der Waals surface area contributed by atoms with Crippen molar-refractivity contribution in [3.05, 3.63) is 34.0 Å². The van der Waals surface area contributed by atoms with Crippen molar-refractivity contribution < 1.29 is 9.90 Å². The molecule has 0 aliphatic rings. The molecular weight excluding hydrogens is 240 g/mol. The fourth-order valence-corrected chi connectivity index (χ4v) is 2.17. The Bertz CT molecular complexity index is 520. The Labute approximate surface area is 102 Å². The van der Waals surface area contributed by atoms with Gasteiger partial charge in [0.15, 0.2) is 0 Å². The lowest BCUT2D eigenvalue weighted by Crippen LogP contribution is -2.15. The summed E-state index contributed by atoms with van der Waals surface area (Å²) in [6.45, 7) is 1.24. The molecule has 7 heteroatoms. The second-order valence-corrected chi connectivity index (χ2v) is 4.70. The van der Waals surface area contributed by atoms with Gasteiger partial charge in [-0.3, -0.25) is 0 Å². The molecule has 6 nitrogen and oxygen atoms in total.